The molecule has 0 aliphatic carbocycles. The summed E-state index contributed by atoms with van der Waals surface area (Å²) in [6.45, 7) is 3.00. The fraction of sp³-hybridized carbons (Fsp3) is 0.188. The highest BCUT2D eigenvalue weighted by Gasteiger charge is 2.12. The first kappa shape index (κ1) is 13.5. The van der Waals surface area contributed by atoms with Crippen molar-refractivity contribution in [1.29, 1.82) is 0 Å². The number of urea groups is 1. The number of aromatic hydroxyl groups is 1. The van der Waals surface area contributed by atoms with E-state index in [1.807, 2.05) is 18.2 Å². The maximum absolute atomic E-state index is 12.0. The number of aryl methyl sites for hydroxylation is 1. The number of carbonyl (C=O) groups excluding carboxylic acids is 1. The Kier molecular flexibility index (Phi) is 3.50. The zero-order valence-electron chi connectivity index (χ0n) is 11.6. The molecule has 0 atom stereocenters. The number of ether oxygens (including phenoxy) is 1. The molecule has 0 bridgehead atoms. The number of phenols is 1. The van der Waals surface area contributed by atoms with Crippen LogP contribution in [0.3, 0.4) is 0 Å². The lowest BCUT2D eigenvalue weighted by Gasteiger charge is -2.09. The second-order valence-corrected chi connectivity index (χ2v) is 5.06. The fourth-order valence-corrected chi connectivity index (χ4v) is 2.28. The first-order chi connectivity index (χ1) is 10.1. The van der Waals surface area contributed by atoms with Crippen LogP contribution in [0, 0.1) is 6.92 Å². The Morgan fingerprint density at radius 1 is 1.05 bits per heavy atom. The molecule has 2 amide bonds. The molecule has 0 saturated carbocycles. The van der Waals surface area contributed by atoms with Gasteiger partial charge in [-0.25, -0.2) is 4.79 Å². The Hall–Kier alpha value is -2.53. The van der Waals surface area contributed by atoms with Gasteiger partial charge in [-0.3, -0.25) is 0 Å². The number of amides is 2. The molecule has 21 heavy (non-hydrogen) atoms. The minimum atomic E-state index is -0.320. The molecule has 0 unspecified atom stereocenters. The van der Waals surface area contributed by atoms with E-state index in [0.29, 0.717) is 24.5 Å². The smallest absolute Gasteiger partial charge is 0.323 e. The molecule has 1 aliphatic rings. The highest BCUT2D eigenvalue weighted by Crippen LogP contribution is 2.24. The summed E-state index contributed by atoms with van der Waals surface area (Å²) in [5, 5.41) is 15.0. The average molecular weight is 284 g/mol. The molecule has 0 fully saturated rings. The van der Waals surface area contributed by atoms with Crippen LogP contribution < -0.4 is 10.6 Å². The Bertz CT molecular complexity index is 698. The quantitative estimate of drug-likeness (QED) is 0.740. The predicted molar refractivity (Wildman–Crippen MR) is 80.4 cm³/mol. The van der Waals surface area contributed by atoms with Crippen LogP contribution >= 0.6 is 0 Å². The van der Waals surface area contributed by atoms with Gasteiger partial charge in [0.1, 0.15) is 5.75 Å². The minimum absolute atomic E-state index is 0.208. The van der Waals surface area contributed by atoms with Crippen LogP contribution in [-0.4, -0.2) is 11.1 Å². The fourth-order valence-electron chi connectivity index (χ4n) is 2.28. The van der Waals surface area contributed by atoms with E-state index in [9.17, 15) is 9.90 Å². The largest absolute Gasteiger partial charge is 0.508 e. The van der Waals surface area contributed by atoms with Gasteiger partial charge in [-0.15, -0.1) is 0 Å². The molecule has 0 spiro atoms. The molecule has 2 aromatic rings. The van der Waals surface area contributed by atoms with Crippen molar-refractivity contribution in [3.63, 3.8) is 0 Å². The lowest BCUT2D eigenvalue weighted by Crippen LogP contribution is -2.19. The first-order valence-corrected chi connectivity index (χ1v) is 6.69. The summed E-state index contributed by atoms with van der Waals surface area (Å²) >= 11 is 0. The standard InChI is InChI=1S/C16H16N2O3/c1-10-6-13(4-5-15(10)19)17-16(20)18-14-3-2-11-8-21-9-12(11)7-14/h2-7,19H,8-9H2,1H3,(H2,17,18,20). The maximum atomic E-state index is 12.0. The lowest BCUT2D eigenvalue weighted by molar-refractivity contribution is 0.134. The molecule has 108 valence electrons. The van der Waals surface area contributed by atoms with E-state index in [1.54, 1.807) is 25.1 Å². The molecule has 0 aromatic heterocycles. The second kappa shape index (κ2) is 5.46. The van der Waals surface area contributed by atoms with Crippen molar-refractivity contribution >= 4 is 17.4 Å². The number of hydrogen-bond donors (Lipinski definition) is 3. The van der Waals surface area contributed by atoms with Gasteiger partial charge in [-0.2, -0.15) is 0 Å². The van der Waals surface area contributed by atoms with Gasteiger partial charge >= 0.3 is 6.03 Å². The third kappa shape index (κ3) is 2.98. The van der Waals surface area contributed by atoms with Crippen molar-refractivity contribution in [3.8, 4) is 5.75 Å². The highest BCUT2D eigenvalue weighted by molar-refractivity contribution is 5.99. The van der Waals surface area contributed by atoms with E-state index >= 15 is 0 Å². The molecular weight excluding hydrogens is 268 g/mol. The van der Waals surface area contributed by atoms with E-state index < -0.39 is 0 Å². The second-order valence-electron chi connectivity index (χ2n) is 5.06. The van der Waals surface area contributed by atoms with Crippen LogP contribution in [0.4, 0.5) is 16.2 Å². The van der Waals surface area contributed by atoms with Crippen molar-refractivity contribution in [2.45, 2.75) is 20.1 Å². The van der Waals surface area contributed by atoms with E-state index in [4.69, 9.17) is 4.74 Å². The zero-order valence-corrected chi connectivity index (χ0v) is 11.6. The Morgan fingerprint density at radius 2 is 1.71 bits per heavy atom. The van der Waals surface area contributed by atoms with Crippen LogP contribution in [0.5, 0.6) is 5.75 Å². The van der Waals surface area contributed by atoms with E-state index in [0.717, 1.165) is 16.8 Å². The number of nitrogens with one attached hydrogen (secondary N) is 2. The Balaban J connectivity index is 1.67. The van der Waals surface area contributed by atoms with E-state index in [1.165, 1.54) is 0 Å². The van der Waals surface area contributed by atoms with Gasteiger partial charge in [0.15, 0.2) is 0 Å². The number of carbonyl (C=O) groups is 1. The number of hydrogen-bond acceptors (Lipinski definition) is 3. The summed E-state index contributed by atoms with van der Waals surface area (Å²) in [4.78, 5) is 12.0. The van der Waals surface area contributed by atoms with Gasteiger partial charge in [-0.05, 0) is 53.9 Å². The van der Waals surface area contributed by atoms with Gasteiger partial charge in [-0.1, -0.05) is 6.07 Å². The summed E-state index contributed by atoms with van der Waals surface area (Å²) in [6.07, 6.45) is 0. The van der Waals surface area contributed by atoms with Gasteiger partial charge in [0, 0.05) is 11.4 Å². The first-order valence-electron chi connectivity index (χ1n) is 6.69. The summed E-state index contributed by atoms with van der Waals surface area (Å²) in [5.41, 5.74) is 4.34. The third-order valence-corrected chi connectivity index (χ3v) is 3.43. The normalized spacial score (nSPS) is 12.8. The number of phenolic OH excluding ortho intramolecular Hbond substituents is 1. The summed E-state index contributed by atoms with van der Waals surface area (Å²) in [6, 6.07) is 10.3. The monoisotopic (exact) mass is 284 g/mol. The predicted octanol–water partition coefficient (Wildman–Crippen LogP) is 3.37. The molecule has 5 nitrogen and oxygen atoms in total. The highest BCUT2D eigenvalue weighted by atomic mass is 16.5. The number of benzene rings is 2. The molecule has 1 aliphatic heterocycles. The van der Waals surface area contributed by atoms with E-state index in [-0.39, 0.29) is 11.8 Å². The van der Waals surface area contributed by atoms with Crippen LogP contribution in [0.1, 0.15) is 16.7 Å². The van der Waals surface area contributed by atoms with Crippen molar-refractivity contribution < 1.29 is 14.6 Å². The Labute approximate surface area is 122 Å². The average Bonchev–Trinajstić information content (AvgIpc) is 2.90. The topological polar surface area (TPSA) is 70.6 Å². The van der Waals surface area contributed by atoms with Crippen LogP contribution in [0.15, 0.2) is 36.4 Å². The number of rotatable bonds is 2. The number of anilines is 2. The molecular formula is C16H16N2O3. The summed E-state index contributed by atoms with van der Waals surface area (Å²) < 4.78 is 5.34. The molecule has 3 rings (SSSR count). The van der Waals surface area contributed by atoms with E-state index in [2.05, 4.69) is 10.6 Å². The number of fused-ring (bicyclic) bond motifs is 1. The van der Waals surface area contributed by atoms with Crippen molar-refractivity contribution in [2.24, 2.45) is 0 Å². The van der Waals surface area contributed by atoms with Gasteiger partial charge in [0.2, 0.25) is 0 Å². The molecule has 0 radical (unpaired) electrons. The van der Waals surface area contributed by atoms with Crippen LogP contribution in [0.25, 0.3) is 0 Å². The van der Waals surface area contributed by atoms with Crippen molar-refractivity contribution in [3.05, 3.63) is 53.1 Å². The Morgan fingerprint density at radius 3 is 2.48 bits per heavy atom. The SMILES string of the molecule is Cc1cc(NC(=O)Nc2ccc3c(c2)COC3)ccc1O. The zero-order chi connectivity index (χ0) is 14.8. The van der Waals surface area contributed by atoms with Gasteiger partial charge in [0.25, 0.3) is 0 Å². The lowest BCUT2D eigenvalue weighted by atomic mass is 10.1. The molecule has 5 heteroatoms. The van der Waals surface area contributed by atoms with Crippen molar-refractivity contribution in [2.75, 3.05) is 10.6 Å². The summed E-state index contributed by atoms with van der Waals surface area (Å²) in [5.74, 6) is 0.208. The third-order valence-electron chi connectivity index (χ3n) is 3.43. The molecule has 0 saturated heterocycles. The van der Waals surface area contributed by atoms with Crippen LogP contribution in [-0.2, 0) is 18.0 Å². The van der Waals surface area contributed by atoms with Gasteiger partial charge in [0.05, 0.1) is 13.2 Å². The minimum Gasteiger partial charge on any atom is -0.508 e. The molecule has 2 aromatic carbocycles. The van der Waals surface area contributed by atoms with Crippen molar-refractivity contribution in [1.82, 2.24) is 0 Å². The van der Waals surface area contributed by atoms with Crippen LogP contribution in [0.2, 0.25) is 0 Å². The summed E-state index contributed by atoms with van der Waals surface area (Å²) in [7, 11) is 0. The van der Waals surface area contributed by atoms with Gasteiger partial charge < -0.3 is 20.5 Å². The molecule has 3 N–H and O–H groups in total. The molecule has 1 heterocycles. The maximum Gasteiger partial charge on any atom is 0.323 e.